The Morgan fingerprint density at radius 2 is 2.03 bits per heavy atom. The van der Waals surface area contributed by atoms with Gasteiger partial charge < -0.3 is 4.57 Å². The maximum absolute atomic E-state index is 11.8. The number of fused-ring (bicyclic) bond motifs is 1. The van der Waals surface area contributed by atoms with Crippen molar-refractivity contribution in [2.45, 2.75) is 58.5 Å². The van der Waals surface area contributed by atoms with Gasteiger partial charge in [0.25, 0.3) is 5.91 Å². The van der Waals surface area contributed by atoms with E-state index < -0.39 is 5.91 Å². The van der Waals surface area contributed by atoms with E-state index in [0.717, 1.165) is 56.5 Å². The summed E-state index contributed by atoms with van der Waals surface area (Å²) < 4.78 is 2.15. The highest BCUT2D eigenvalue weighted by Crippen LogP contribution is 2.30. The van der Waals surface area contributed by atoms with Gasteiger partial charge >= 0.3 is 0 Å². The van der Waals surface area contributed by atoms with E-state index in [9.17, 15) is 4.79 Å². The van der Waals surface area contributed by atoms with E-state index in [1.54, 1.807) is 11.6 Å². The van der Waals surface area contributed by atoms with Crippen LogP contribution in [0.3, 0.4) is 0 Å². The van der Waals surface area contributed by atoms with Crippen molar-refractivity contribution < 1.29 is 10.0 Å². The Hall–Kier alpha value is -3.29. The number of nitrogens with one attached hydrogen (secondary N) is 1. The van der Waals surface area contributed by atoms with Gasteiger partial charge in [-0.15, -0.1) is 0 Å². The number of nitrogens with zero attached hydrogens (tertiary/aromatic N) is 4. The van der Waals surface area contributed by atoms with Gasteiger partial charge in [0, 0.05) is 48.8 Å². The van der Waals surface area contributed by atoms with Crippen LogP contribution in [0.25, 0.3) is 11.0 Å². The number of likely N-dealkylation sites (tertiary alicyclic amines) is 1. The van der Waals surface area contributed by atoms with E-state index in [1.165, 1.54) is 16.5 Å². The van der Waals surface area contributed by atoms with Crippen LogP contribution in [0, 0.1) is 5.92 Å². The summed E-state index contributed by atoms with van der Waals surface area (Å²) in [6.07, 6.45) is 13.5. The van der Waals surface area contributed by atoms with Crippen LogP contribution in [0.2, 0.25) is 0 Å². The summed E-state index contributed by atoms with van der Waals surface area (Å²) >= 11 is 0. The first-order valence-corrected chi connectivity index (χ1v) is 12.8. The van der Waals surface area contributed by atoms with Crippen LogP contribution >= 0.6 is 0 Å². The Balaban J connectivity index is 1.31. The van der Waals surface area contributed by atoms with Crippen molar-refractivity contribution in [2.75, 3.05) is 13.1 Å². The van der Waals surface area contributed by atoms with Crippen LogP contribution in [0.4, 0.5) is 0 Å². The zero-order valence-electron chi connectivity index (χ0n) is 21.4. The van der Waals surface area contributed by atoms with E-state index in [2.05, 4.69) is 57.7 Å². The molecule has 3 aromatic heterocycles. The fourth-order valence-corrected chi connectivity index (χ4v) is 5.22. The number of hydrogen-bond donors (Lipinski definition) is 2. The number of hydrogen-bond acceptors (Lipinski definition) is 5. The second-order valence-electron chi connectivity index (χ2n) is 9.91. The summed E-state index contributed by atoms with van der Waals surface area (Å²) in [7, 11) is 0. The van der Waals surface area contributed by atoms with E-state index in [-0.39, 0.29) is 5.92 Å². The smallest absolute Gasteiger partial charge is 0.270 e. The average molecular weight is 488 g/mol. The first kappa shape index (κ1) is 25.8. The molecule has 1 amide bonds. The molecule has 1 aliphatic heterocycles. The van der Waals surface area contributed by atoms with E-state index in [4.69, 9.17) is 10.2 Å². The number of piperidine rings is 1. The highest BCUT2D eigenvalue weighted by Gasteiger charge is 2.22. The number of carbonyl (C=O) groups is 1. The second kappa shape index (κ2) is 12.1. The minimum atomic E-state index is -0.438. The molecule has 2 N–H and O–H groups in total. The highest BCUT2D eigenvalue weighted by molar-refractivity contribution is 5.92. The SMILES string of the molecule is C=C(CCC(C)/C(=C\C)C(=O)NO)Cn1ccc2cc(C3CCN(Cc4ccncc4)CC3)cnc21. The zero-order valence-corrected chi connectivity index (χ0v) is 21.4. The number of rotatable bonds is 10. The Morgan fingerprint density at radius 1 is 1.28 bits per heavy atom. The van der Waals surface area contributed by atoms with E-state index in [0.29, 0.717) is 18.0 Å². The predicted octanol–water partition coefficient (Wildman–Crippen LogP) is 5.24. The molecule has 1 atom stereocenters. The second-order valence-corrected chi connectivity index (χ2v) is 9.91. The number of carbonyl (C=O) groups excluding carboxylic acids is 1. The summed E-state index contributed by atoms with van der Waals surface area (Å²) in [6, 6.07) is 8.64. The molecule has 1 saturated heterocycles. The van der Waals surface area contributed by atoms with Gasteiger partial charge in [-0.05, 0) is 92.9 Å². The number of aromatic nitrogens is 3. The maximum Gasteiger partial charge on any atom is 0.270 e. The minimum Gasteiger partial charge on any atom is -0.328 e. The van der Waals surface area contributed by atoms with Crippen LogP contribution in [-0.2, 0) is 17.9 Å². The average Bonchev–Trinajstić information content (AvgIpc) is 3.30. The fourth-order valence-electron chi connectivity index (χ4n) is 5.22. The molecule has 7 nitrogen and oxygen atoms in total. The molecule has 3 aromatic rings. The van der Waals surface area contributed by atoms with Gasteiger partial charge in [-0.2, -0.15) is 0 Å². The first-order valence-electron chi connectivity index (χ1n) is 12.8. The maximum atomic E-state index is 11.8. The molecule has 4 heterocycles. The third-order valence-electron chi connectivity index (χ3n) is 7.37. The van der Waals surface area contributed by atoms with Crippen LogP contribution < -0.4 is 5.48 Å². The molecule has 0 spiro atoms. The topological polar surface area (TPSA) is 83.3 Å². The summed E-state index contributed by atoms with van der Waals surface area (Å²) in [6.45, 7) is 12.0. The summed E-state index contributed by atoms with van der Waals surface area (Å²) in [5.74, 6) is 0.149. The molecule has 1 fully saturated rings. The van der Waals surface area contributed by atoms with Crippen molar-refractivity contribution in [2.24, 2.45) is 5.92 Å². The normalized spacial score (nSPS) is 16.2. The zero-order chi connectivity index (χ0) is 25.5. The van der Waals surface area contributed by atoms with Crippen molar-refractivity contribution in [3.05, 3.63) is 84.0 Å². The number of hydroxylamine groups is 1. The van der Waals surface area contributed by atoms with Crippen molar-refractivity contribution in [3.8, 4) is 0 Å². The summed E-state index contributed by atoms with van der Waals surface area (Å²) in [5, 5.41) is 10.1. The highest BCUT2D eigenvalue weighted by atomic mass is 16.5. The van der Waals surface area contributed by atoms with Crippen LogP contribution in [0.1, 0.15) is 56.6 Å². The molecule has 0 saturated carbocycles. The van der Waals surface area contributed by atoms with Gasteiger partial charge in [-0.3, -0.25) is 19.9 Å². The monoisotopic (exact) mass is 487 g/mol. The van der Waals surface area contributed by atoms with Crippen molar-refractivity contribution in [1.29, 1.82) is 0 Å². The lowest BCUT2D eigenvalue weighted by Crippen LogP contribution is -2.32. The Morgan fingerprint density at radius 3 is 2.72 bits per heavy atom. The summed E-state index contributed by atoms with van der Waals surface area (Å²) in [4.78, 5) is 23.3. The predicted molar refractivity (Wildman–Crippen MR) is 142 cm³/mol. The van der Waals surface area contributed by atoms with Gasteiger partial charge in [-0.1, -0.05) is 25.2 Å². The lowest BCUT2D eigenvalue weighted by atomic mass is 9.90. The number of pyridine rings is 2. The van der Waals surface area contributed by atoms with Gasteiger partial charge in [0.2, 0.25) is 0 Å². The van der Waals surface area contributed by atoms with Crippen molar-refractivity contribution in [1.82, 2.24) is 24.9 Å². The number of amides is 1. The van der Waals surface area contributed by atoms with Gasteiger partial charge in [0.05, 0.1) is 0 Å². The fraction of sp³-hybridized carbons (Fsp3) is 0.414. The van der Waals surface area contributed by atoms with Crippen LogP contribution in [-0.4, -0.2) is 43.6 Å². The van der Waals surface area contributed by atoms with Gasteiger partial charge in [0.1, 0.15) is 5.65 Å². The minimum absolute atomic E-state index is 0.0390. The molecule has 0 bridgehead atoms. The standard InChI is InChI=1S/C29H37N5O2/c1-4-27(29(35)32-36)22(3)6-5-21(2)19-34-16-11-25-17-26(18-31-28(25)34)24-9-14-33(15-10-24)20-23-7-12-30-13-8-23/h4,7-8,11-13,16-18,22,24,36H,2,5-6,9-10,14-15,19-20H2,1,3H3,(H,32,35)/b27-4+. The molecule has 36 heavy (non-hydrogen) atoms. The number of allylic oxidation sites excluding steroid dienone is 2. The molecule has 4 rings (SSSR count). The van der Waals surface area contributed by atoms with Crippen molar-refractivity contribution >= 4 is 16.9 Å². The lowest BCUT2D eigenvalue weighted by Gasteiger charge is -2.32. The van der Waals surface area contributed by atoms with Crippen LogP contribution in [0.15, 0.2) is 72.9 Å². The van der Waals surface area contributed by atoms with E-state index in [1.807, 2.05) is 26.2 Å². The largest absolute Gasteiger partial charge is 0.328 e. The van der Waals surface area contributed by atoms with Gasteiger partial charge in [0.15, 0.2) is 0 Å². The molecule has 7 heteroatoms. The molecule has 190 valence electrons. The molecular formula is C29H37N5O2. The quantitative estimate of drug-likeness (QED) is 0.177. The molecule has 0 aliphatic carbocycles. The third-order valence-corrected chi connectivity index (χ3v) is 7.37. The molecular weight excluding hydrogens is 450 g/mol. The first-order chi connectivity index (χ1) is 17.5. The molecule has 1 unspecified atom stereocenters. The molecule has 0 aromatic carbocycles. The Bertz CT molecular complexity index is 1210. The van der Waals surface area contributed by atoms with E-state index >= 15 is 0 Å². The third kappa shape index (κ3) is 6.28. The van der Waals surface area contributed by atoms with Gasteiger partial charge in [-0.25, -0.2) is 10.5 Å². The molecule has 0 radical (unpaired) electrons. The molecule has 1 aliphatic rings. The Labute approximate surface area is 213 Å². The Kier molecular flexibility index (Phi) is 8.67. The lowest BCUT2D eigenvalue weighted by molar-refractivity contribution is -0.125. The summed E-state index contributed by atoms with van der Waals surface area (Å²) in [5.41, 5.74) is 7.05. The van der Waals surface area contributed by atoms with Crippen molar-refractivity contribution in [3.63, 3.8) is 0 Å². The van der Waals surface area contributed by atoms with Crippen LogP contribution in [0.5, 0.6) is 0 Å².